The molecule has 0 fully saturated rings. The smallest absolute Gasteiger partial charge is 0.346 e. The summed E-state index contributed by atoms with van der Waals surface area (Å²) < 4.78 is 0. The van der Waals surface area contributed by atoms with E-state index in [0.717, 1.165) is 11.1 Å². The number of nitrogens with zero attached hydrogens (tertiary/aromatic N) is 1. The number of carboxylic acid groups (broad SMARTS) is 1. The number of hydrogen-bond donors (Lipinski definition) is 1. The fourth-order valence-electron chi connectivity index (χ4n) is 0.971. The first kappa shape index (κ1) is 10.0. The van der Waals surface area contributed by atoms with Crippen LogP contribution in [0.2, 0.25) is 0 Å². The van der Waals surface area contributed by atoms with Crippen LogP contribution in [0, 0.1) is 18.3 Å². The molecule has 0 aliphatic heterocycles. The average Bonchev–Trinajstić information content (AvgIpc) is 2.16. The van der Waals surface area contributed by atoms with E-state index >= 15 is 0 Å². The SMILES string of the molecule is Cc1ccc(/C=C(/C#N)C(=O)O)cc1. The topological polar surface area (TPSA) is 61.1 Å². The molecule has 70 valence electrons. The van der Waals surface area contributed by atoms with E-state index in [1.807, 2.05) is 19.1 Å². The third-order valence-electron chi connectivity index (χ3n) is 1.74. The van der Waals surface area contributed by atoms with E-state index in [2.05, 4.69) is 0 Å². The van der Waals surface area contributed by atoms with Gasteiger partial charge in [-0.15, -0.1) is 0 Å². The molecule has 0 radical (unpaired) electrons. The van der Waals surface area contributed by atoms with Gasteiger partial charge in [-0.1, -0.05) is 29.8 Å². The Morgan fingerprint density at radius 3 is 2.43 bits per heavy atom. The van der Waals surface area contributed by atoms with Gasteiger partial charge in [0.2, 0.25) is 0 Å². The van der Waals surface area contributed by atoms with Gasteiger partial charge in [0.25, 0.3) is 0 Å². The highest BCUT2D eigenvalue weighted by atomic mass is 16.4. The third-order valence-corrected chi connectivity index (χ3v) is 1.74. The minimum Gasteiger partial charge on any atom is -0.477 e. The number of carbonyl (C=O) groups is 1. The summed E-state index contributed by atoms with van der Waals surface area (Å²) in [7, 11) is 0. The summed E-state index contributed by atoms with van der Waals surface area (Å²) in [6, 6.07) is 8.90. The lowest BCUT2D eigenvalue weighted by Crippen LogP contribution is -1.97. The van der Waals surface area contributed by atoms with E-state index in [1.165, 1.54) is 6.08 Å². The zero-order valence-electron chi connectivity index (χ0n) is 7.69. The van der Waals surface area contributed by atoms with E-state index in [9.17, 15) is 4.79 Å². The van der Waals surface area contributed by atoms with Crippen LogP contribution >= 0.6 is 0 Å². The summed E-state index contributed by atoms with van der Waals surface area (Å²) in [5.74, 6) is -1.20. The molecule has 3 nitrogen and oxygen atoms in total. The lowest BCUT2D eigenvalue weighted by molar-refractivity contribution is -0.132. The van der Waals surface area contributed by atoms with Crippen LogP contribution in [-0.2, 0) is 4.79 Å². The largest absolute Gasteiger partial charge is 0.477 e. The standard InChI is InChI=1S/C11H9NO2/c1-8-2-4-9(5-3-8)6-10(7-12)11(13)14/h2-6H,1H3,(H,13,14)/b10-6-. The van der Waals surface area contributed by atoms with E-state index in [-0.39, 0.29) is 5.57 Å². The monoisotopic (exact) mass is 187 g/mol. The Kier molecular flexibility index (Phi) is 3.03. The number of hydrogen-bond acceptors (Lipinski definition) is 2. The van der Waals surface area contributed by atoms with Crippen molar-refractivity contribution in [2.24, 2.45) is 0 Å². The zero-order chi connectivity index (χ0) is 10.6. The van der Waals surface area contributed by atoms with Crippen LogP contribution in [0.1, 0.15) is 11.1 Å². The molecular formula is C11H9NO2. The number of rotatable bonds is 2. The molecule has 1 aromatic carbocycles. The Morgan fingerprint density at radius 2 is 2.00 bits per heavy atom. The molecule has 0 saturated carbocycles. The number of aryl methyl sites for hydroxylation is 1. The molecular weight excluding hydrogens is 178 g/mol. The minimum atomic E-state index is -1.20. The van der Waals surface area contributed by atoms with E-state index in [1.54, 1.807) is 18.2 Å². The molecule has 0 saturated heterocycles. The summed E-state index contributed by atoms with van der Waals surface area (Å²) in [6.45, 7) is 1.94. The summed E-state index contributed by atoms with van der Waals surface area (Å²) in [5, 5.41) is 17.1. The predicted octanol–water partition coefficient (Wildman–Crippen LogP) is 1.99. The molecule has 0 aliphatic rings. The van der Waals surface area contributed by atoms with Gasteiger partial charge in [-0.05, 0) is 18.6 Å². The number of benzene rings is 1. The molecule has 0 aliphatic carbocycles. The molecule has 1 rings (SSSR count). The maximum atomic E-state index is 10.5. The lowest BCUT2D eigenvalue weighted by Gasteiger charge is -1.95. The van der Waals surface area contributed by atoms with Crippen molar-refractivity contribution in [2.75, 3.05) is 0 Å². The first-order valence-corrected chi connectivity index (χ1v) is 4.05. The second kappa shape index (κ2) is 4.24. The van der Waals surface area contributed by atoms with Crippen molar-refractivity contribution in [3.05, 3.63) is 41.0 Å². The quantitative estimate of drug-likeness (QED) is 0.568. The summed E-state index contributed by atoms with van der Waals surface area (Å²) in [4.78, 5) is 10.5. The lowest BCUT2D eigenvalue weighted by atomic mass is 10.1. The van der Waals surface area contributed by atoms with Crippen LogP contribution < -0.4 is 0 Å². The van der Waals surface area contributed by atoms with Crippen molar-refractivity contribution in [1.29, 1.82) is 5.26 Å². The molecule has 0 amide bonds. The fourth-order valence-corrected chi connectivity index (χ4v) is 0.971. The van der Waals surface area contributed by atoms with Crippen molar-refractivity contribution in [3.8, 4) is 6.07 Å². The molecule has 1 aromatic rings. The van der Waals surface area contributed by atoms with E-state index in [4.69, 9.17) is 10.4 Å². The second-order valence-electron chi connectivity index (χ2n) is 2.89. The maximum Gasteiger partial charge on any atom is 0.346 e. The number of nitriles is 1. The minimum absolute atomic E-state index is 0.256. The highest BCUT2D eigenvalue weighted by molar-refractivity contribution is 5.96. The molecule has 0 atom stereocenters. The Balaban J connectivity index is 3.03. The maximum absolute atomic E-state index is 10.5. The van der Waals surface area contributed by atoms with Crippen LogP contribution in [-0.4, -0.2) is 11.1 Å². The zero-order valence-corrected chi connectivity index (χ0v) is 7.69. The van der Waals surface area contributed by atoms with E-state index < -0.39 is 5.97 Å². The molecule has 0 unspecified atom stereocenters. The van der Waals surface area contributed by atoms with Crippen molar-refractivity contribution in [3.63, 3.8) is 0 Å². The van der Waals surface area contributed by atoms with Crippen LogP contribution in [0.25, 0.3) is 6.08 Å². The normalized spacial score (nSPS) is 10.7. The van der Waals surface area contributed by atoms with Crippen molar-refractivity contribution < 1.29 is 9.90 Å². The highest BCUT2D eigenvalue weighted by Crippen LogP contribution is 2.08. The Labute approximate surface area is 81.9 Å². The third kappa shape index (κ3) is 2.46. The molecule has 3 heteroatoms. The average molecular weight is 187 g/mol. The van der Waals surface area contributed by atoms with E-state index in [0.29, 0.717) is 0 Å². The number of aliphatic carboxylic acids is 1. The van der Waals surface area contributed by atoms with Gasteiger partial charge < -0.3 is 5.11 Å². The van der Waals surface area contributed by atoms with Gasteiger partial charge in [-0.2, -0.15) is 5.26 Å². The van der Waals surface area contributed by atoms with Crippen LogP contribution in [0.4, 0.5) is 0 Å². The van der Waals surface area contributed by atoms with Gasteiger partial charge in [0.15, 0.2) is 0 Å². The van der Waals surface area contributed by atoms with Crippen LogP contribution in [0.5, 0.6) is 0 Å². The predicted molar refractivity (Wildman–Crippen MR) is 52.4 cm³/mol. The molecule has 0 heterocycles. The van der Waals surface area contributed by atoms with Crippen LogP contribution in [0.3, 0.4) is 0 Å². The summed E-state index contributed by atoms with van der Waals surface area (Å²) in [6.07, 6.45) is 1.35. The van der Waals surface area contributed by atoms with Gasteiger partial charge in [0.1, 0.15) is 11.6 Å². The second-order valence-corrected chi connectivity index (χ2v) is 2.89. The highest BCUT2D eigenvalue weighted by Gasteiger charge is 2.04. The first-order valence-electron chi connectivity index (χ1n) is 4.05. The van der Waals surface area contributed by atoms with Gasteiger partial charge in [-0.3, -0.25) is 0 Å². The van der Waals surface area contributed by atoms with Gasteiger partial charge in [-0.25, -0.2) is 4.79 Å². The molecule has 0 aromatic heterocycles. The molecule has 14 heavy (non-hydrogen) atoms. The fraction of sp³-hybridized carbons (Fsp3) is 0.0909. The van der Waals surface area contributed by atoms with Gasteiger partial charge in [0.05, 0.1) is 0 Å². The Bertz CT molecular complexity index is 410. The number of carboxylic acids is 1. The first-order chi connectivity index (χ1) is 6.63. The molecule has 1 N–H and O–H groups in total. The van der Waals surface area contributed by atoms with Crippen molar-refractivity contribution in [2.45, 2.75) is 6.92 Å². The van der Waals surface area contributed by atoms with Crippen LogP contribution in [0.15, 0.2) is 29.8 Å². The Hall–Kier alpha value is -2.08. The van der Waals surface area contributed by atoms with Gasteiger partial charge in [0, 0.05) is 0 Å². The summed E-state index contributed by atoms with van der Waals surface area (Å²) in [5.41, 5.74) is 1.55. The van der Waals surface area contributed by atoms with Gasteiger partial charge >= 0.3 is 5.97 Å². The molecule has 0 bridgehead atoms. The summed E-state index contributed by atoms with van der Waals surface area (Å²) >= 11 is 0. The molecule has 0 spiro atoms. The Morgan fingerprint density at radius 1 is 1.43 bits per heavy atom. The van der Waals surface area contributed by atoms with Crippen molar-refractivity contribution in [1.82, 2.24) is 0 Å². The van der Waals surface area contributed by atoms with Crippen molar-refractivity contribution >= 4 is 12.0 Å².